The van der Waals surface area contributed by atoms with Gasteiger partial charge in [0.05, 0.1) is 0 Å². The number of esters is 1. The minimum Gasteiger partial charge on any atom is -0.461 e. The normalized spacial score (nSPS) is 31.7. The number of alkyl carbamates (subject to hydrolysis) is 1. The molecule has 0 unspecified atom stereocenters. The number of carbonyl (C=O) groups is 2. The molecule has 0 saturated heterocycles. The van der Waals surface area contributed by atoms with Crippen molar-refractivity contribution >= 4 is 12.1 Å². The molecule has 2 aromatic carbocycles. The smallest absolute Gasteiger partial charge is 0.408 e. The Kier molecular flexibility index (Phi) is 12.0. The van der Waals surface area contributed by atoms with Crippen LogP contribution in [0.1, 0.15) is 123 Å². The molecule has 5 heteroatoms. The first-order valence-corrected chi connectivity index (χ1v) is 20.4. The first kappa shape index (κ1) is 37.7. The van der Waals surface area contributed by atoms with E-state index in [1.807, 2.05) is 60.7 Å². The van der Waals surface area contributed by atoms with E-state index in [0.717, 1.165) is 71.8 Å². The lowest BCUT2D eigenvalue weighted by molar-refractivity contribution is -0.154. The van der Waals surface area contributed by atoms with Crippen LogP contribution in [-0.2, 0) is 27.3 Å². The molecule has 1 amide bonds. The number of allylic oxidation sites excluding steroid dienone is 1. The number of nitrogens with one attached hydrogen (secondary N) is 1. The maximum Gasteiger partial charge on any atom is 0.408 e. The Morgan fingerprint density at radius 1 is 0.863 bits per heavy atom. The molecule has 5 nitrogen and oxygen atoms in total. The van der Waals surface area contributed by atoms with Crippen molar-refractivity contribution in [2.75, 3.05) is 0 Å². The molecule has 51 heavy (non-hydrogen) atoms. The molecule has 3 saturated carbocycles. The number of benzene rings is 2. The summed E-state index contributed by atoms with van der Waals surface area (Å²) in [6, 6.07) is 18.6. The van der Waals surface area contributed by atoms with E-state index in [2.05, 4.69) is 52.9 Å². The van der Waals surface area contributed by atoms with Gasteiger partial charge in [-0.1, -0.05) is 127 Å². The van der Waals surface area contributed by atoms with Crippen LogP contribution < -0.4 is 5.32 Å². The predicted molar refractivity (Wildman–Crippen MR) is 206 cm³/mol. The van der Waals surface area contributed by atoms with Gasteiger partial charge in [-0.2, -0.15) is 0 Å². The van der Waals surface area contributed by atoms with Gasteiger partial charge in [-0.05, 0) is 115 Å². The quantitative estimate of drug-likeness (QED) is 0.167. The molecule has 0 heterocycles. The van der Waals surface area contributed by atoms with Crippen LogP contribution in [0.15, 0.2) is 72.3 Å². The summed E-state index contributed by atoms with van der Waals surface area (Å²) in [6.07, 6.45) is 15.6. The van der Waals surface area contributed by atoms with Crippen molar-refractivity contribution in [1.29, 1.82) is 0 Å². The predicted octanol–water partition coefficient (Wildman–Crippen LogP) is 11.1. The molecule has 4 aliphatic carbocycles. The first-order chi connectivity index (χ1) is 24.5. The fourth-order valence-corrected chi connectivity index (χ4v) is 11.6. The first-order valence-electron chi connectivity index (χ1n) is 20.4. The van der Waals surface area contributed by atoms with E-state index < -0.39 is 12.1 Å². The van der Waals surface area contributed by atoms with E-state index >= 15 is 0 Å². The van der Waals surface area contributed by atoms with E-state index in [9.17, 15) is 9.59 Å². The highest BCUT2D eigenvalue weighted by Gasteiger charge is 2.59. The van der Waals surface area contributed by atoms with E-state index in [1.165, 1.54) is 56.9 Å². The van der Waals surface area contributed by atoms with Crippen LogP contribution in [0.3, 0.4) is 0 Å². The van der Waals surface area contributed by atoms with Crippen molar-refractivity contribution in [3.05, 3.63) is 83.4 Å². The minimum absolute atomic E-state index is 0.147. The Bertz CT molecular complexity index is 1490. The third kappa shape index (κ3) is 8.28. The number of ether oxygens (including phenoxy) is 2. The van der Waals surface area contributed by atoms with Gasteiger partial charge in [0, 0.05) is 12.8 Å². The van der Waals surface area contributed by atoms with Gasteiger partial charge in [0.2, 0.25) is 0 Å². The van der Waals surface area contributed by atoms with Crippen molar-refractivity contribution < 1.29 is 19.1 Å². The van der Waals surface area contributed by atoms with Gasteiger partial charge in [0.1, 0.15) is 18.8 Å². The number of fused-ring (bicyclic) bond motifs is 5. The highest BCUT2D eigenvalue weighted by Crippen LogP contribution is 2.67. The second-order valence-corrected chi connectivity index (χ2v) is 17.7. The van der Waals surface area contributed by atoms with Gasteiger partial charge in [0.15, 0.2) is 0 Å². The summed E-state index contributed by atoms with van der Waals surface area (Å²) in [5.74, 6) is 5.25. The van der Waals surface area contributed by atoms with Crippen molar-refractivity contribution in [3.63, 3.8) is 0 Å². The molecule has 0 spiro atoms. The zero-order valence-corrected chi connectivity index (χ0v) is 32.4. The van der Waals surface area contributed by atoms with Gasteiger partial charge in [-0.25, -0.2) is 9.59 Å². The number of hydrogen-bond donors (Lipinski definition) is 1. The third-order valence-corrected chi connectivity index (χ3v) is 14.6. The van der Waals surface area contributed by atoms with Gasteiger partial charge >= 0.3 is 12.1 Å². The lowest BCUT2D eigenvalue weighted by atomic mass is 9.47. The summed E-state index contributed by atoms with van der Waals surface area (Å²) < 4.78 is 11.8. The van der Waals surface area contributed by atoms with Crippen LogP contribution >= 0.6 is 0 Å². The van der Waals surface area contributed by atoms with Crippen LogP contribution in [0.25, 0.3) is 0 Å². The summed E-state index contributed by atoms with van der Waals surface area (Å²) in [5, 5.41) is 2.83. The third-order valence-electron chi connectivity index (χ3n) is 14.6. The summed E-state index contributed by atoms with van der Waals surface area (Å²) in [5.41, 5.74) is 4.03. The Balaban J connectivity index is 1.08. The number of carbonyl (C=O) groups excluding carboxylic acids is 2. The van der Waals surface area contributed by atoms with Crippen LogP contribution in [0.5, 0.6) is 0 Å². The molecule has 4 aliphatic rings. The standard InChI is InChI=1S/C46H65NO4/c1-7-35(31(2)3)19-18-32(4)39-22-23-40-38-21-20-36-29-37(24-26-45(36,5)41(38)25-27-46(39,40)6)51-43(48)42(28-33-14-10-8-11-15-33)47-44(49)50-30-34-16-12-9-13-17-34/h8-17,20,31-32,35,37-42H,7,18-19,21-30H2,1-6H3,(H,47,49)/t32-,35-,37+,38+,39-,40+,41+,42+,45+,46-/m1/s1. The lowest BCUT2D eigenvalue weighted by Crippen LogP contribution is -2.51. The highest BCUT2D eigenvalue weighted by molar-refractivity contribution is 5.81. The number of rotatable bonds is 13. The Labute approximate surface area is 308 Å². The monoisotopic (exact) mass is 695 g/mol. The molecule has 1 N–H and O–H groups in total. The largest absolute Gasteiger partial charge is 0.461 e. The Morgan fingerprint density at radius 2 is 1.57 bits per heavy atom. The molecule has 0 aromatic heterocycles. The van der Waals surface area contributed by atoms with Crippen LogP contribution in [0.2, 0.25) is 0 Å². The molecule has 2 aromatic rings. The number of amides is 1. The topological polar surface area (TPSA) is 64.6 Å². The van der Waals surface area contributed by atoms with Crippen LogP contribution in [0, 0.1) is 52.3 Å². The van der Waals surface area contributed by atoms with Gasteiger partial charge in [-0.3, -0.25) is 0 Å². The van der Waals surface area contributed by atoms with Crippen molar-refractivity contribution in [3.8, 4) is 0 Å². The Hall–Kier alpha value is -3.08. The second-order valence-electron chi connectivity index (χ2n) is 17.7. The number of hydrogen-bond acceptors (Lipinski definition) is 4. The van der Waals surface area contributed by atoms with Gasteiger partial charge < -0.3 is 14.8 Å². The summed E-state index contributed by atoms with van der Waals surface area (Å²) >= 11 is 0. The molecule has 10 atom stereocenters. The average Bonchev–Trinajstić information content (AvgIpc) is 3.49. The van der Waals surface area contributed by atoms with Crippen LogP contribution in [-0.4, -0.2) is 24.2 Å². The van der Waals surface area contributed by atoms with E-state index in [1.54, 1.807) is 0 Å². The summed E-state index contributed by atoms with van der Waals surface area (Å²) in [7, 11) is 0. The van der Waals surface area contributed by atoms with E-state index in [-0.39, 0.29) is 24.1 Å². The van der Waals surface area contributed by atoms with Crippen molar-refractivity contribution in [2.24, 2.45) is 52.3 Å². The van der Waals surface area contributed by atoms with E-state index in [4.69, 9.17) is 9.47 Å². The fourth-order valence-electron chi connectivity index (χ4n) is 11.6. The zero-order chi connectivity index (χ0) is 36.2. The SMILES string of the molecule is CC[C@H](CC[C@@H](C)[C@H]1CC[C@H]2[C@@H]3CC=C4C[C@@H](OC(=O)[C@H](Cc5ccccc5)NC(=O)OCc5ccccc5)CC[C@]4(C)[C@H]3CC[C@]12C)C(C)C. The van der Waals surface area contributed by atoms with E-state index in [0.29, 0.717) is 11.8 Å². The van der Waals surface area contributed by atoms with Crippen LogP contribution in [0.4, 0.5) is 4.79 Å². The highest BCUT2D eigenvalue weighted by atomic mass is 16.6. The molecule has 3 fully saturated rings. The molecule has 278 valence electrons. The molecule has 6 rings (SSSR count). The van der Waals surface area contributed by atoms with Crippen molar-refractivity contribution in [1.82, 2.24) is 5.32 Å². The average molecular weight is 696 g/mol. The van der Waals surface area contributed by atoms with Gasteiger partial charge in [0.25, 0.3) is 0 Å². The fraction of sp³-hybridized carbons (Fsp3) is 0.652. The zero-order valence-electron chi connectivity index (χ0n) is 32.4. The molecule has 0 radical (unpaired) electrons. The summed E-state index contributed by atoms with van der Waals surface area (Å²) in [6.45, 7) is 15.1. The van der Waals surface area contributed by atoms with Gasteiger partial charge in [-0.15, -0.1) is 0 Å². The Morgan fingerprint density at radius 3 is 2.25 bits per heavy atom. The maximum atomic E-state index is 13.8. The molecular weight excluding hydrogens is 631 g/mol. The maximum absolute atomic E-state index is 13.8. The molecule has 0 bridgehead atoms. The molecular formula is C46H65NO4. The van der Waals surface area contributed by atoms with Crippen molar-refractivity contribution in [2.45, 2.75) is 137 Å². The second kappa shape index (κ2) is 16.3. The summed E-state index contributed by atoms with van der Waals surface area (Å²) in [4.78, 5) is 26.6. The minimum atomic E-state index is -0.819. The molecule has 0 aliphatic heterocycles. The lowest BCUT2D eigenvalue weighted by Gasteiger charge is -2.58.